The van der Waals surface area contributed by atoms with Crippen molar-refractivity contribution >= 4 is 56.2 Å². The number of aryl methyl sites for hydroxylation is 2. The molecule has 0 spiro atoms. The molecule has 1 atom stereocenters. The van der Waals surface area contributed by atoms with Gasteiger partial charge in [0.1, 0.15) is 22.1 Å². The van der Waals surface area contributed by atoms with Crippen LogP contribution in [0.5, 0.6) is 0 Å². The van der Waals surface area contributed by atoms with E-state index >= 15 is 0 Å². The molecule has 27 heavy (non-hydrogen) atoms. The normalized spacial score (nSPS) is 18.7. The Kier molecular flexibility index (Phi) is 8.37. The Labute approximate surface area is 183 Å². The monoisotopic (exact) mass is 493 g/mol. The van der Waals surface area contributed by atoms with Gasteiger partial charge in [-0.05, 0) is 46.6 Å². The summed E-state index contributed by atoms with van der Waals surface area (Å²) in [5.41, 5.74) is 2.75. The molecule has 0 saturated heterocycles. The maximum absolute atomic E-state index is 13.8. The van der Waals surface area contributed by atoms with Gasteiger partial charge >= 0.3 is 0 Å². The molecule has 0 aliphatic heterocycles. The van der Waals surface area contributed by atoms with Crippen LogP contribution in [0.4, 0.5) is 5.69 Å². The van der Waals surface area contributed by atoms with Crippen LogP contribution < -0.4 is 4.31 Å². The van der Waals surface area contributed by atoms with E-state index in [-0.39, 0.29) is 6.04 Å². The number of hydrogen-bond donors (Lipinski definition) is 0. The van der Waals surface area contributed by atoms with Crippen molar-refractivity contribution in [2.75, 3.05) is 4.31 Å². The molecule has 0 amide bonds. The van der Waals surface area contributed by atoms with Crippen molar-refractivity contribution < 1.29 is 4.55 Å². The molecule has 8 heteroatoms. The summed E-state index contributed by atoms with van der Waals surface area (Å²) >= 11 is 14.8. The molecule has 1 fully saturated rings. The van der Waals surface area contributed by atoms with Crippen LogP contribution in [0.25, 0.3) is 0 Å². The van der Waals surface area contributed by atoms with Crippen LogP contribution in [0.2, 0.25) is 0 Å². The zero-order chi connectivity index (χ0) is 20.3. The smallest absolute Gasteiger partial charge is 0.212 e. The minimum atomic E-state index is -1.54. The second kappa shape index (κ2) is 9.88. The Morgan fingerprint density at radius 2 is 1.93 bits per heavy atom. The van der Waals surface area contributed by atoms with Crippen LogP contribution in [-0.4, -0.2) is 20.4 Å². The van der Waals surface area contributed by atoms with Gasteiger partial charge < -0.3 is 4.55 Å². The maximum Gasteiger partial charge on any atom is 0.212 e. The molecule has 0 aromatic carbocycles. The molecular weight excluding hydrogens is 469 g/mol. The van der Waals surface area contributed by atoms with E-state index in [1.54, 1.807) is 13.0 Å². The highest BCUT2D eigenvalue weighted by Crippen LogP contribution is 2.40. The minimum absolute atomic E-state index is 0.174. The number of hydrogen-bond acceptors (Lipinski definition) is 3. The molecule has 0 bridgehead atoms. The molecule has 1 aromatic heterocycles. The van der Waals surface area contributed by atoms with E-state index in [2.05, 4.69) is 21.0 Å². The molecule has 2 rings (SSSR count). The zero-order valence-electron chi connectivity index (χ0n) is 16.4. The van der Waals surface area contributed by atoms with Crippen LogP contribution >= 0.6 is 39.1 Å². The van der Waals surface area contributed by atoms with Gasteiger partial charge in [-0.15, -0.1) is 0 Å². The van der Waals surface area contributed by atoms with Crippen LogP contribution in [-0.2, 0) is 18.4 Å². The Morgan fingerprint density at radius 1 is 1.33 bits per heavy atom. The molecule has 1 aliphatic carbocycles. The summed E-state index contributed by atoms with van der Waals surface area (Å²) < 4.78 is 18.4. The number of rotatable bonds is 6. The molecule has 1 unspecified atom stereocenters. The first kappa shape index (κ1) is 22.9. The van der Waals surface area contributed by atoms with Gasteiger partial charge in [0.2, 0.25) is 4.91 Å². The topological polar surface area (TPSA) is 44.1 Å². The Balaban J connectivity index is 2.57. The largest absolute Gasteiger partial charge is 0.588 e. The molecule has 1 aromatic rings. The quantitative estimate of drug-likeness (QED) is 0.342. The van der Waals surface area contributed by atoms with Crippen molar-refractivity contribution in [2.24, 2.45) is 7.05 Å². The van der Waals surface area contributed by atoms with Crippen molar-refractivity contribution in [2.45, 2.75) is 59.4 Å². The second-order valence-corrected chi connectivity index (χ2v) is 9.87. The summed E-state index contributed by atoms with van der Waals surface area (Å²) in [4.78, 5) is 0.437. The third kappa shape index (κ3) is 5.15. The first-order valence-electron chi connectivity index (χ1n) is 8.96. The highest BCUT2D eigenvalue weighted by atomic mass is 79.9. The number of halogens is 3. The van der Waals surface area contributed by atoms with Crippen LogP contribution in [0, 0.1) is 13.8 Å². The summed E-state index contributed by atoms with van der Waals surface area (Å²) in [5.74, 6) is 0. The van der Waals surface area contributed by atoms with Gasteiger partial charge in [-0.2, -0.15) is 9.40 Å². The second-order valence-electron chi connectivity index (χ2n) is 6.68. The lowest BCUT2D eigenvalue weighted by Crippen LogP contribution is -2.40. The standard InChI is InChI=1S/C19H26BrCl2N3OS/c1-6-15(20)11-17(22)19(12(2)21)27(26)25(16-9-7-8-10-16)18-13(3)23-24(5)14(18)4/h6,11,16H,7-10H2,1-5H3/b15-6+,17-11+,19-12-. The van der Waals surface area contributed by atoms with Crippen molar-refractivity contribution in [1.29, 1.82) is 0 Å². The predicted molar refractivity (Wildman–Crippen MR) is 121 cm³/mol. The molecular formula is C19H26BrCl2N3OS. The first-order chi connectivity index (χ1) is 12.7. The SMILES string of the molecule is C\C=C(Br)/C=C(Cl)\C(=C(/C)Cl)[S+]([O-])N(c1c(C)nn(C)c1C)C1CCCC1. The van der Waals surface area contributed by atoms with E-state index in [1.165, 1.54) is 0 Å². The number of allylic oxidation sites excluding steroid dienone is 5. The predicted octanol–water partition coefficient (Wildman–Crippen LogP) is 6.34. The molecule has 0 radical (unpaired) electrons. The van der Waals surface area contributed by atoms with E-state index in [1.807, 2.05) is 42.9 Å². The summed E-state index contributed by atoms with van der Waals surface area (Å²) in [6, 6.07) is 0.174. The van der Waals surface area contributed by atoms with Gasteiger partial charge in [0.15, 0.2) is 0 Å². The van der Waals surface area contributed by atoms with Crippen molar-refractivity contribution in [3.05, 3.63) is 43.0 Å². The highest BCUT2D eigenvalue weighted by molar-refractivity contribution is 9.11. The van der Waals surface area contributed by atoms with E-state index in [0.717, 1.165) is 47.2 Å². The minimum Gasteiger partial charge on any atom is -0.588 e. The third-order valence-corrected chi connectivity index (χ3v) is 7.88. The summed E-state index contributed by atoms with van der Waals surface area (Å²) in [5, 5.41) is 5.32. The van der Waals surface area contributed by atoms with E-state index in [4.69, 9.17) is 23.2 Å². The van der Waals surface area contributed by atoms with Gasteiger partial charge in [-0.3, -0.25) is 4.68 Å². The van der Waals surface area contributed by atoms with Gasteiger partial charge in [0, 0.05) is 11.5 Å². The van der Waals surface area contributed by atoms with Crippen molar-refractivity contribution in [1.82, 2.24) is 9.78 Å². The molecule has 1 heterocycles. The molecule has 150 valence electrons. The Morgan fingerprint density at radius 3 is 2.37 bits per heavy atom. The van der Waals surface area contributed by atoms with Gasteiger partial charge in [0.05, 0.1) is 22.5 Å². The van der Waals surface area contributed by atoms with Crippen molar-refractivity contribution in [3.63, 3.8) is 0 Å². The first-order valence-corrected chi connectivity index (χ1v) is 11.6. The number of anilines is 1. The molecule has 0 N–H and O–H groups in total. The van der Waals surface area contributed by atoms with Crippen LogP contribution in [0.3, 0.4) is 0 Å². The lowest BCUT2D eigenvalue weighted by molar-refractivity contribution is 0.580. The number of aromatic nitrogens is 2. The van der Waals surface area contributed by atoms with Crippen LogP contribution in [0.1, 0.15) is 50.9 Å². The zero-order valence-corrected chi connectivity index (χ0v) is 20.3. The summed E-state index contributed by atoms with van der Waals surface area (Å²) in [6.07, 6.45) is 7.85. The van der Waals surface area contributed by atoms with Crippen molar-refractivity contribution in [3.8, 4) is 0 Å². The lowest BCUT2D eigenvalue weighted by Gasteiger charge is -2.32. The molecule has 1 aliphatic rings. The van der Waals surface area contributed by atoms with Gasteiger partial charge in [0.25, 0.3) is 0 Å². The average Bonchev–Trinajstić information content (AvgIpc) is 3.19. The highest BCUT2D eigenvalue weighted by Gasteiger charge is 2.39. The third-order valence-electron chi connectivity index (χ3n) is 4.77. The van der Waals surface area contributed by atoms with E-state index in [9.17, 15) is 4.55 Å². The maximum atomic E-state index is 13.8. The molecule has 4 nitrogen and oxygen atoms in total. The van der Waals surface area contributed by atoms with Crippen LogP contribution in [0.15, 0.2) is 31.6 Å². The fourth-order valence-electron chi connectivity index (χ4n) is 3.36. The molecule has 1 saturated carbocycles. The van der Waals surface area contributed by atoms with Gasteiger partial charge in [-0.25, -0.2) is 0 Å². The fraction of sp³-hybridized carbons (Fsp3) is 0.526. The Bertz CT molecular complexity index is 778. The van der Waals surface area contributed by atoms with Gasteiger partial charge in [-0.1, -0.05) is 58.0 Å². The Hall–Kier alpha value is -0.400. The fourth-order valence-corrected chi connectivity index (χ4v) is 6.10. The van der Waals surface area contributed by atoms with E-state index < -0.39 is 11.4 Å². The average molecular weight is 495 g/mol. The van der Waals surface area contributed by atoms with E-state index in [0.29, 0.717) is 15.0 Å². The lowest BCUT2D eigenvalue weighted by atomic mass is 10.2. The summed E-state index contributed by atoms with van der Waals surface area (Å²) in [7, 11) is 1.90. The summed E-state index contributed by atoms with van der Waals surface area (Å²) in [6.45, 7) is 7.57. The number of nitrogens with zero attached hydrogens (tertiary/aromatic N) is 3.